The fourth-order valence-electron chi connectivity index (χ4n) is 1.81. The van der Waals surface area contributed by atoms with Crippen LogP contribution in [0.15, 0.2) is 24.3 Å². The van der Waals surface area contributed by atoms with Crippen LogP contribution in [0.1, 0.15) is 36.2 Å². The van der Waals surface area contributed by atoms with Gasteiger partial charge in [0.25, 0.3) is 0 Å². The summed E-state index contributed by atoms with van der Waals surface area (Å²) in [5.41, 5.74) is -1.17. The van der Waals surface area contributed by atoms with E-state index in [-0.39, 0.29) is 12.2 Å². The molecule has 0 aromatic heterocycles. The van der Waals surface area contributed by atoms with Gasteiger partial charge in [0, 0.05) is 12.0 Å². The molecule has 0 bridgehead atoms. The van der Waals surface area contributed by atoms with Gasteiger partial charge in [-0.3, -0.25) is 14.4 Å². The number of alkyl halides is 3. The van der Waals surface area contributed by atoms with Gasteiger partial charge in [0.2, 0.25) is 0 Å². The molecule has 22 heavy (non-hydrogen) atoms. The molecule has 0 saturated heterocycles. The van der Waals surface area contributed by atoms with E-state index in [0.717, 1.165) is 19.1 Å². The van der Waals surface area contributed by atoms with E-state index in [2.05, 4.69) is 4.74 Å². The van der Waals surface area contributed by atoms with E-state index >= 15 is 0 Å². The number of esters is 1. The summed E-state index contributed by atoms with van der Waals surface area (Å²) >= 11 is 0. The second-order valence-electron chi connectivity index (χ2n) is 4.62. The highest BCUT2D eigenvalue weighted by Crippen LogP contribution is 2.30. The number of halogens is 3. The Balaban J connectivity index is 2.96. The number of rotatable bonds is 6. The summed E-state index contributed by atoms with van der Waals surface area (Å²) in [5.74, 6) is -3.45. The predicted molar refractivity (Wildman–Crippen MR) is 71.2 cm³/mol. The molecule has 0 fully saturated rings. The fraction of sp³-hybridized carbons (Fsp3) is 0.400. The van der Waals surface area contributed by atoms with Gasteiger partial charge in [-0.1, -0.05) is 12.1 Å². The number of ether oxygens (including phenoxy) is 1. The summed E-state index contributed by atoms with van der Waals surface area (Å²) in [7, 11) is 0. The van der Waals surface area contributed by atoms with Gasteiger partial charge in [-0.15, -0.1) is 0 Å². The van der Waals surface area contributed by atoms with Gasteiger partial charge < -0.3 is 4.74 Å². The topological polar surface area (TPSA) is 60.4 Å². The van der Waals surface area contributed by atoms with Gasteiger partial charge in [-0.2, -0.15) is 13.2 Å². The summed E-state index contributed by atoms with van der Waals surface area (Å²) < 4.78 is 42.5. The molecule has 1 unspecified atom stereocenters. The minimum atomic E-state index is -4.57. The van der Waals surface area contributed by atoms with Crippen molar-refractivity contribution in [3.8, 4) is 0 Å². The Morgan fingerprint density at radius 3 is 2.36 bits per heavy atom. The summed E-state index contributed by atoms with van der Waals surface area (Å²) in [6.07, 6.45) is -5.09. The molecule has 0 aliphatic heterocycles. The number of carbonyl (C=O) groups is 3. The van der Waals surface area contributed by atoms with Crippen LogP contribution >= 0.6 is 0 Å². The summed E-state index contributed by atoms with van der Waals surface area (Å²) in [4.78, 5) is 35.0. The molecule has 1 rings (SSSR count). The maximum Gasteiger partial charge on any atom is 0.416 e. The lowest BCUT2D eigenvalue weighted by Gasteiger charge is -2.12. The first kappa shape index (κ1) is 17.9. The van der Waals surface area contributed by atoms with E-state index in [9.17, 15) is 27.6 Å². The lowest BCUT2D eigenvalue weighted by Crippen LogP contribution is -2.27. The Hall–Kier alpha value is -2.18. The minimum absolute atomic E-state index is 0.0420. The van der Waals surface area contributed by atoms with E-state index in [4.69, 9.17) is 0 Å². The van der Waals surface area contributed by atoms with E-state index in [1.165, 1.54) is 6.07 Å². The molecule has 0 saturated carbocycles. The minimum Gasteiger partial charge on any atom is -0.465 e. The summed E-state index contributed by atoms with van der Waals surface area (Å²) in [6, 6.07) is 3.85. The molecule has 0 aliphatic carbocycles. The van der Waals surface area contributed by atoms with Crippen LogP contribution in [0.5, 0.6) is 0 Å². The second kappa shape index (κ2) is 7.20. The standard InChI is InChI=1S/C15H15F3O4/c1-3-22-14(21)12(9(2)19)8-13(20)10-5-4-6-11(7-10)15(16,17)18/h4-7,12H,3,8H2,1-2H3. The van der Waals surface area contributed by atoms with Crippen molar-refractivity contribution in [3.63, 3.8) is 0 Å². The zero-order valence-electron chi connectivity index (χ0n) is 12.1. The third-order valence-electron chi connectivity index (χ3n) is 2.96. The van der Waals surface area contributed by atoms with Crippen molar-refractivity contribution in [2.24, 2.45) is 5.92 Å². The van der Waals surface area contributed by atoms with Gasteiger partial charge in [0.15, 0.2) is 5.78 Å². The molecule has 0 amide bonds. The third kappa shape index (κ3) is 4.68. The van der Waals surface area contributed by atoms with Gasteiger partial charge in [0.05, 0.1) is 12.2 Å². The van der Waals surface area contributed by atoms with Crippen LogP contribution in [0, 0.1) is 5.92 Å². The Morgan fingerprint density at radius 2 is 1.86 bits per heavy atom. The van der Waals surface area contributed by atoms with E-state index in [1.807, 2.05) is 0 Å². The highest BCUT2D eigenvalue weighted by molar-refractivity contribution is 6.05. The van der Waals surface area contributed by atoms with Crippen molar-refractivity contribution in [1.82, 2.24) is 0 Å². The molecule has 0 aliphatic rings. The molecular weight excluding hydrogens is 301 g/mol. The average molecular weight is 316 g/mol. The summed E-state index contributed by atoms with van der Waals surface area (Å²) in [6.45, 7) is 2.71. The van der Waals surface area contributed by atoms with Crippen LogP contribution in [0.2, 0.25) is 0 Å². The molecule has 1 atom stereocenters. The molecule has 4 nitrogen and oxygen atoms in total. The van der Waals surface area contributed by atoms with Crippen LogP contribution in [-0.4, -0.2) is 24.1 Å². The first-order valence-corrected chi connectivity index (χ1v) is 6.54. The molecule has 1 aromatic rings. The monoisotopic (exact) mass is 316 g/mol. The van der Waals surface area contributed by atoms with Crippen molar-refractivity contribution < 1.29 is 32.3 Å². The fourth-order valence-corrected chi connectivity index (χ4v) is 1.81. The molecule has 0 N–H and O–H groups in total. The largest absolute Gasteiger partial charge is 0.465 e. The molecule has 1 aromatic carbocycles. The van der Waals surface area contributed by atoms with Gasteiger partial charge in [-0.25, -0.2) is 0 Å². The van der Waals surface area contributed by atoms with Crippen molar-refractivity contribution in [3.05, 3.63) is 35.4 Å². The Morgan fingerprint density at radius 1 is 1.23 bits per heavy atom. The smallest absolute Gasteiger partial charge is 0.416 e. The highest BCUT2D eigenvalue weighted by Gasteiger charge is 2.32. The maximum absolute atomic E-state index is 12.6. The van der Waals surface area contributed by atoms with Crippen LogP contribution in [-0.2, 0) is 20.5 Å². The van der Waals surface area contributed by atoms with Crippen molar-refractivity contribution in [2.75, 3.05) is 6.61 Å². The van der Waals surface area contributed by atoms with Gasteiger partial charge in [-0.05, 0) is 26.0 Å². The first-order valence-electron chi connectivity index (χ1n) is 6.54. The number of ketones is 2. The first-order chi connectivity index (χ1) is 10.2. The molecule has 0 spiro atoms. The normalized spacial score (nSPS) is 12.6. The lowest BCUT2D eigenvalue weighted by molar-refractivity contribution is -0.151. The van der Waals surface area contributed by atoms with Crippen LogP contribution in [0.3, 0.4) is 0 Å². The quantitative estimate of drug-likeness (QED) is 0.460. The SMILES string of the molecule is CCOC(=O)C(CC(=O)c1cccc(C(F)(F)F)c1)C(C)=O. The lowest BCUT2D eigenvalue weighted by atomic mass is 9.94. The predicted octanol–water partition coefficient (Wildman–Crippen LogP) is 3.05. The Labute approximate surface area is 125 Å². The van der Waals surface area contributed by atoms with Crippen molar-refractivity contribution >= 4 is 17.5 Å². The molecular formula is C15H15F3O4. The van der Waals surface area contributed by atoms with Gasteiger partial charge >= 0.3 is 12.1 Å². The second-order valence-corrected chi connectivity index (χ2v) is 4.62. The number of carbonyl (C=O) groups excluding carboxylic acids is 3. The number of hydrogen-bond donors (Lipinski definition) is 0. The Bertz CT molecular complexity index is 578. The molecule has 120 valence electrons. The number of benzene rings is 1. The van der Waals surface area contributed by atoms with Crippen LogP contribution < -0.4 is 0 Å². The average Bonchev–Trinajstić information content (AvgIpc) is 2.43. The third-order valence-corrected chi connectivity index (χ3v) is 2.96. The number of hydrogen-bond acceptors (Lipinski definition) is 4. The van der Waals surface area contributed by atoms with Crippen molar-refractivity contribution in [2.45, 2.75) is 26.4 Å². The van der Waals surface area contributed by atoms with E-state index in [1.54, 1.807) is 6.92 Å². The maximum atomic E-state index is 12.6. The summed E-state index contributed by atoms with van der Waals surface area (Å²) in [5, 5.41) is 0. The van der Waals surface area contributed by atoms with Crippen molar-refractivity contribution in [1.29, 1.82) is 0 Å². The molecule has 0 heterocycles. The molecule has 7 heteroatoms. The number of Topliss-reactive ketones (excluding diaryl/α,β-unsaturated/α-hetero) is 2. The van der Waals surface area contributed by atoms with Gasteiger partial charge in [0.1, 0.15) is 11.7 Å². The highest BCUT2D eigenvalue weighted by atomic mass is 19.4. The van der Waals surface area contributed by atoms with Crippen LogP contribution in [0.4, 0.5) is 13.2 Å². The van der Waals surface area contributed by atoms with Crippen LogP contribution in [0.25, 0.3) is 0 Å². The zero-order chi connectivity index (χ0) is 16.9. The zero-order valence-corrected chi connectivity index (χ0v) is 12.1. The van der Waals surface area contributed by atoms with E-state index in [0.29, 0.717) is 6.07 Å². The van der Waals surface area contributed by atoms with E-state index < -0.39 is 41.6 Å². The Kier molecular flexibility index (Phi) is 5.84. The molecule has 0 radical (unpaired) electrons.